The summed E-state index contributed by atoms with van der Waals surface area (Å²) in [6.07, 6.45) is 8.28. The van der Waals surface area contributed by atoms with Crippen molar-refractivity contribution < 1.29 is 32.3 Å². The maximum absolute atomic E-state index is 12.4. The number of primary amides is 1. The van der Waals surface area contributed by atoms with Gasteiger partial charge in [-0.15, -0.1) is 17.9 Å². The van der Waals surface area contributed by atoms with Gasteiger partial charge in [0.25, 0.3) is 0 Å². The summed E-state index contributed by atoms with van der Waals surface area (Å²) in [6, 6.07) is 5.59. The summed E-state index contributed by atoms with van der Waals surface area (Å²) in [5, 5.41) is 3.35. The van der Waals surface area contributed by atoms with Crippen LogP contribution in [-0.2, 0) is 35.6 Å². The molecular formula is C50H81N7O8S2. The van der Waals surface area contributed by atoms with Crippen LogP contribution >= 0.6 is 11.3 Å². The Kier molecular flexibility index (Phi) is 20.1. The molecule has 376 valence electrons. The van der Waals surface area contributed by atoms with E-state index in [9.17, 15) is 32.4 Å². The number of allylic oxidation sites excluding steroid dienone is 1. The first-order valence-electron chi connectivity index (χ1n) is 23.9. The van der Waals surface area contributed by atoms with Gasteiger partial charge in [0.15, 0.2) is 0 Å². The van der Waals surface area contributed by atoms with Crippen molar-refractivity contribution in [1.29, 1.82) is 0 Å². The smallest absolute Gasteiger partial charge is 0.408 e. The number of thiazole rings is 1. The van der Waals surface area contributed by atoms with Gasteiger partial charge in [0, 0.05) is 28.9 Å². The number of amides is 4. The number of likely N-dealkylation sites (tertiary alicyclic amines) is 1. The maximum atomic E-state index is 12.4. The van der Waals surface area contributed by atoms with E-state index in [1.165, 1.54) is 9.78 Å². The Labute approximate surface area is 403 Å². The molecule has 3 fully saturated rings. The minimum Gasteiger partial charge on any atom is -0.444 e. The number of aryl methyl sites for hydroxylation is 1. The molecule has 3 aliphatic rings. The third-order valence-corrected chi connectivity index (χ3v) is 14.6. The molecule has 6 rings (SSSR count). The van der Waals surface area contributed by atoms with Gasteiger partial charge < -0.3 is 25.7 Å². The van der Waals surface area contributed by atoms with Gasteiger partial charge in [0.1, 0.15) is 23.2 Å². The summed E-state index contributed by atoms with van der Waals surface area (Å²) in [5.74, 6) is 0.392. The Morgan fingerprint density at radius 1 is 1.06 bits per heavy atom. The van der Waals surface area contributed by atoms with Crippen LogP contribution in [0, 0.1) is 23.2 Å². The molecule has 3 atom stereocenters. The molecule has 0 radical (unpaired) electrons. The van der Waals surface area contributed by atoms with Gasteiger partial charge in [0.2, 0.25) is 27.7 Å². The summed E-state index contributed by atoms with van der Waals surface area (Å²) in [5.41, 5.74) is 8.47. The van der Waals surface area contributed by atoms with Gasteiger partial charge >= 0.3 is 11.8 Å². The second-order valence-corrected chi connectivity index (χ2v) is 24.7. The number of aromatic amines is 1. The molecule has 1 aromatic carbocycles. The number of aromatic nitrogens is 3. The number of carbonyl (C=O) groups is 4. The Morgan fingerprint density at radius 2 is 1.69 bits per heavy atom. The van der Waals surface area contributed by atoms with Gasteiger partial charge in [-0.3, -0.25) is 23.7 Å². The minimum atomic E-state index is -3.52. The van der Waals surface area contributed by atoms with Crippen molar-refractivity contribution in [2.75, 3.05) is 13.1 Å². The lowest BCUT2D eigenvalue weighted by Crippen LogP contribution is -2.48. The van der Waals surface area contributed by atoms with Crippen molar-refractivity contribution in [1.82, 2.24) is 29.5 Å². The number of imidazole rings is 1. The van der Waals surface area contributed by atoms with Crippen LogP contribution in [-0.4, -0.2) is 81.1 Å². The average Bonchev–Trinajstić information content (AvgIpc) is 3.99. The van der Waals surface area contributed by atoms with E-state index in [1.807, 2.05) is 65.8 Å². The number of nitrogens with zero attached hydrogens (tertiary/aromatic N) is 3. The van der Waals surface area contributed by atoms with Crippen molar-refractivity contribution in [2.45, 2.75) is 183 Å². The number of hydrogen-bond acceptors (Lipinski definition) is 10. The fourth-order valence-corrected chi connectivity index (χ4v) is 11.2. The Hall–Kier alpha value is -4.51. The molecule has 67 heavy (non-hydrogen) atoms. The quantitative estimate of drug-likeness (QED) is 0.113. The molecule has 5 N–H and O–H groups in total. The molecule has 0 bridgehead atoms. The van der Waals surface area contributed by atoms with Crippen molar-refractivity contribution in [3.63, 3.8) is 0 Å². The highest BCUT2D eigenvalue weighted by atomic mass is 32.2. The second kappa shape index (κ2) is 23.7. The Bertz CT molecular complexity index is 2340. The molecule has 2 aliphatic carbocycles. The van der Waals surface area contributed by atoms with Crippen LogP contribution in [0.1, 0.15) is 171 Å². The number of nitrogens with two attached hydrogens (primary N) is 1. The third kappa shape index (κ3) is 16.6. The maximum Gasteiger partial charge on any atom is 0.408 e. The SMILES string of the molecule is C=CCCc1sc(-c2cccc3c2[nH]c(=O)n3C(C)C)nc1C(C)C.CC(C)(C)OC(=O)NCC(=O)N1CCC[C@H]1C(N)=O.CC(C)C.CC[C@@H]1C[C@@H]1C(=O)NS(=O)(=O)C1(CC(C)(C)C)CC1. The van der Waals surface area contributed by atoms with Crippen LogP contribution in [0.2, 0.25) is 0 Å². The second-order valence-electron chi connectivity index (χ2n) is 21.5. The molecule has 2 aromatic heterocycles. The number of hydrogen-bond donors (Lipinski definition) is 4. The Morgan fingerprint density at radius 3 is 2.18 bits per heavy atom. The van der Waals surface area contributed by atoms with Crippen LogP contribution in [0.15, 0.2) is 35.6 Å². The van der Waals surface area contributed by atoms with E-state index in [-0.39, 0.29) is 41.4 Å². The zero-order chi connectivity index (χ0) is 50.8. The molecule has 0 unspecified atom stereocenters. The largest absolute Gasteiger partial charge is 0.444 e. The molecule has 3 aromatic rings. The third-order valence-electron chi connectivity index (χ3n) is 11.3. The summed E-state index contributed by atoms with van der Waals surface area (Å²) in [4.78, 5) is 69.4. The van der Waals surface area contributed by atoms with E-state index >= 15 is 0 Å². The predicted molar refractivity (Wildman–Crippen MR) is 270 cm³/mol. The molecule has 4 amide bonds. The van der Waals surface area contributed by atoms with E-state index in [1.54, 1.807) is 36.7 Å². The molecule has 1 saturated heterocycles. The summed E-state index contributed by atoms with van der Waals surface area (Å²) >= 11 is 1.73. The van der Waals surface area contributed by atoms with Crippen molar-refractivity contribution in [3.8, 4) is 10.6 Å². The van der Waals surface area contributed by atoms with Gasteiger partial charge in [-0.25, -0.2) is 23.0 Å². The lowest BCUT2D eigenvalue weighted by atomic mass is 9.89. The average molecular weight is 972 g/mol. The lowest BCUT2D eigenvalue weighted by Gasteiger charge is -2.25. The first kappa shape index (κ1) is 56.8. The van der Waals surface area contributed by atoms with Crippen LogP contribution in [0.3, 0.4) is 0 Å². The highest BCUT2D eigenvalue weighted by Crippen LogP contribution is 2.51. The first-order chi connectivity index (χ1) is 31.0. The monoisotopic (exact) mass is 972 g/mol. The van der Waals surface area contributed by atoms with E-state index in [0.717, 1.165) is 65.3 Å². The van der Waals surface area contributed by atoms with Crippen molar-refractivity contribution in [3.05, 3.63) is 51.9 Å². The number of nitrogens with one attached hydrogen (secondary N) is 3. The van der Waals surface area contributed by atoms with Crippen molar-refractivity contribution in [2.24, 2.45) is 28.9 Å². The number of benzene rings is 1. The van der Waals surface area contributed by atoms with Gasteiger partial charge in [0.05, 0.1) is 21.5 Å². The van der Waals surface area contributed by atoms with Gasteiger partial charge in [-0.2, -0.15) is 0 Å². The van der Waals surface area contributed by atoms with Crippen molar-refractivity contribution >= 4 is 56.2 Å². The van der Waals surface area contributed by atoms with Crippen LogP contribution in [0.25, 0.3) is 21.6 Å². The number of carbonyl (C=O) groups excluding carboxylic acids is 4. The zero-order valence-electron chi connectivity index (χ0n) is 42.8. The number of rotatable bonds is 14. The molecular weight excluding hydrogens is 891 g/mol. The molecule has 3 heterocycles. The number of sulfonamides is 1. The Balaban J connectivity index is 0.000000259. The summed E-state index contributed by atoms with van der Waals surface area (Å²) in [6.45, 7) is 32.4. The van der Waals surface area contributed by atoms with E-state index in [0.29, 0.717) is 44.1 Å². The molecule has 17 heteroatoms. The van der Waals surface area contributed by atoms with E-state index in [4.69, 9.17) is 15.5 Å². The fraction of sp³-hybridized carbons (Fsp3) is 0.680. The number of para-hydroxylation sites is 1. The number of ether oxygens (including phenoxy) is 1. The molecule has 2 saturated carbocycles. The van der Waals surface area contributed by atoms with Crippen LogP contribution in [0.5, 0.6) is 0 Å². The van der Waals surface area contributed by atoms with E-state index in [2.05, 4.69) is 56.2 Å². The normalized spacial score (nSPS) is 18.5. The topological polar surface area (TPSA) is 216 Å². The number of H-pyrrole nitrogens is 1. The van der Waals surface area contributed by atoms with Crippen LogP contribution < -0.4 is 21.5 Å². The summed E-state index contributed by atoms with van der Waals surface area (Å²) in [7, 11) is -3.52. The molecule has 0 spiro atoms. The standard InChI is InChI=1S/C20H25N3OS.C14H25NO3S.C12H21N3O4.C4H10/c1-6-7-11-16-17(12(2)3)21-19(25-16)14-9-8-10-15-18(14)22-20(24)23(15)13(4)5;1-5-10-8-11(10)12(16)15-19(17,18)14(6-7-14)9-13(2,3)4;1-12(2,3)19-11(18)14-7-9(16)15-6-4-5-8(15)10(13)17;1-4(2)3/h6,8-10,12-13H,1,7,11H2,2-5H3,(H,22,24);10-11H,5-9H2,1-4H3,(H,15,16);8H,4-7H2,1-3H3,(H2,13,17)(H,14,18);4H,1-3H3/t;10-,11+;8-;/m.10./s1. The summed E-state index contributed by atoms with van der Waals surface area (Å²) < 4.78 is 33.3. The number of alkyl carbamates (subject to hydrolysis) is 1. The minimum absolute atomic E-state index is 0.0418. The fourth-order valence-electron chi connectivity index (χ4n) is 8.09. The zero-order valence-corrected chi connectivity index (χ0v) is 44.4. The van der Waals surface area contributed by atoms with Crippen LogP contribution in [0.4, 0.5) is 4.79 Å². The van der Waals surface area contributed by atoms with Gasteiger partial charge in [-0.1, -0.05) is 80.9 Å². The number of fused-ring (bicyclic) bond motifs is 1. The van der Waals surface area contributed by atoms with E-state index < -0.39 is 38.4 Å². The highest BCUT2D eigenvalue weighted by molar-refractivity contribution is 7.91. The predicted octanol–water partition coefficient (Wildman–Crippen LogP) is 9.37. The lowest BCUT2D eigenvalue weighted by molar-refractivity contribution is -0.136. The van der Waals surface area contributed by atoms with Gasteiger partial charge in [-0.05, 0) is 121 Å². The molecule has 1 aliphatic heterocycles. The highest BCUT2D eigenvalue weighted by Gasteiger charge is 2.57. The first-order valence-corrected chi connectivity index (χ1v) is 26.2. The molecule has 15 nitrogen and oxygen atoms in total.